The summed E-state index contributed by atoms with van der Waals surface area (Å²) in [6, 6.07) is 3.46. The van der Waals surface area contributed by atoms with Crippen molar-refractivity contribution in [2.45, 2.75) is 25.6 Å². The van der Waals surface area contributed by atoms with Crippen molar-refractivity contribution in [3.8, 4) is 0 Å². The number of carbonyl (C=O) groups excluding carboxylic acids is 2. The van der Waals surface area contributed by atoms with Crippen LogP contribution in [0.5, 0.6) is 0 Å². The molecule has 9 heteroatoms. The summed E-state index contributed by atoms with van der Waals surface area (Å²) in [4.78, 5) is 27.8. The molecule has 0 radical (unpaired) electrons. The second-order valence-corrected chi connectivity index (χ2v) is 5.30. The predicted molar refractivity (Wildman–Crippen MR) is 86.8 cm³/mol. The minimum Gasteiger partial charge on any atom is -0.396 e. The monoisotopic (exact) mass is 322 g/mol. The van der Waals surface area contributed by atoms with Crippen molar-refractivity contribution >= 4 is 29.6 Å². The topological polar surface area (TPSA) is 133 Å². The number of amides is 2. The zero-order valence-corrected chi connectivity index (χ0v) is 13.0. The second kappa shape index (κ2) is 7.63. The standard InChI is InChI=1S/C14H22N6O3/c1-9(22)16-5-6-17-13-10(15)2-3-12(19-13)20-7-4-11(23)14(20)18-8-21/h2-3,8,11,14,23H,4-7,15H2,1H3,(H,16,22)(H,17,19)(H,18,21). The Bertz CT molecular complexity index is 567. The van der Waals surface area contributed by atoms with Gasteiger partial charge in [-0.1, -0.05) is 0 Å². The minimum atomic E-state index is -0.643. The average molecular weight is 322 g/mol. The largest absolute Gasteiger partial charge is 0.396 e. The summed E-state index contributed by atoms with van der Waals surface area (Å²) in [7, 11) is 0. The lowest BCUT2D eigenvalue weighted by molar-refractivity contribution is -0.118. The van der Waals surface area contributed by atoms with E-state index >= 15 is 0 Å². The number of anilines is 3. The molecule has 23 heavy (non-hydrogen) atoms. The number of carbonyl (C=O) groups is 2. The van der Waals surface area contributed by atoms with Gasteiger partial charge >= 0.3 is 0 Å². The van der Waals surface area contributed by atoms with Gasteiger partial charge in [-0.3, -0.25) is 9.59 Å². The smallest absolute Gasteiger partial charge is 0.216 e. The van der Waals surface area contributed by atoms with Crippen LogP contribution in [-0.4, -0.2) is 54.3 Å². The van der Waals surface area contributed by atoms with Crippen molar-refractivity contribution in [2.75, 3.05) is 35.6 Å². The number of nitrogens with two attached hydrogens (primary N) is 1. The first-order valence-electron chi connectivity index (χ1n) is 7.42. The first-order chi connectivity index (χ1) is 11.0. The van der Waals surface area contributed by atoms with Crippen molar-refractivity contribution in [1.82, 2.24) is 15.6 Å². The molecule has 1 fully saturated rings. The molecule has 1 aromatic heterocycles. The van der Waals surface area contributed by atoms with Crippen LogP contribution in [0.15, 0.2) is 12.1 Å². The number of aliphatic hydroxyl groups is 1. The molecule has 9 nitrogen and oxygen atoms in total. The molecule has 0 spiro atoms. The molecule has 1 saturated heterocycles. The molecule has 1 aromatic rings. The molecule has 2 heterocycles. The molecule has 1 aliphatic heterocycles. The number of nitrogens with one attached hydrogen (secondary N) is 3. The molecule has 2 unspecified atom stereocenters. The van der Waals surface area contributed by atoms with Crippen molar-refractivity contribution < 1.29 is 14.7 Å². The maximum Gasteiger partial charge on any atom is 0.216 e. The molecule has 126 valence electrons. The van der Waals surface area contributed by atoms with E-state index in [1.807, 2.05) is 4.90 Å². The normalized spacial score (nSPS) is 20.2. The van der Waals surface area contributed by atoms with E-state index in [9.17, 15) is 14.7 Å². The fourth-order valence-electron chi connectivity index (χ4n) is 2.48. The molecule has 0 saturated carbocycles. The van der Waals surface area contributed by atoms with Gasteiger partial charge in [0.2, 0.25) is 12.3 Å². The Balaban J connectivity index is 2.07. The van der Waals surface area contributed by atoms with E-state index in [1.54, 1.807) is 12.1 Å². The lowest BCUT2D eigenvalue weighted by Crippen LogP contribution is -2.46. The zero-order valence-electron chi connectivity index (χ0n) is 13.0. The third kappa shape index (κ3) is 4.22. The van der Waals surface area contributed by atoms with Crippen LogP contribution in [-0.2, 0) is 9.59 Å². The minimum absolute atomic E-state index is 0.102. The quantitative estimate of drug-likeness (QED) is 0.316. The Hall–Kier alpha value is -2.55. The summed E-state index contributed by atoms with van der Waals surface area (Å²) in [6.45, 7) is 2.97. The second-order valence-electron chi connectivity index (χ2n) is 5.30. The molecule has 2 rings (SSSR count). The third-order valence-electron chi connectivity index (χ3n) is 3.60. The molecule has 0 aromatic carbocycles. The number of pyridine rings is 1. The average Bonchev–Trinajstić information content (AvgIpc) is 2.87. The van der Waals surface area contributed by atoms with Gasteiger partial charge in [-0.05, 0) is 18.6 Å². The summed E-state index contributed by atoms with van der Waals surface area (Å²) in [5.74, 6) is 1.01. The first kappa shape index (κ1) is 16.8. The summed E-state index contributed by atoms with van der Waals surface area (Å²) in [5, 5.41) is 18.3. The van der Waals surface area contributed by atoms with Gasteiger partial charge < -0.3 is 31.7 Å². The Morgan fingerprint density at radius 2 is 2.30 bits per heavy atom. The number of nitrogens with zero attached hydrogens (tertiary/aromatic N) is 2. The van der Waals surface area contributed by atoms with E-state index in [0.29, 0.717) is 49.8 Å². The Labute approximate surface area is 134 Å². The highest BCUT2D eigenvalue weighted by atomic mass is 16.3. The van der Waals surface area contributed by atoms with Crippen molar-refractivity contribution in [1.29, 1.82) is 0 Å². The van der Waals surface area contributed by atoms with Gasteiger partial charge in [-0.25, -0.2) is 4.98 Å². The molecule has 2 atom stereocenters. The molecular formula is C14H22N6O3. The highest BCUT2D eigenvalue weighted by Gasteiger charge is 2.33. The van der Waals surface area contributed by atoms with E-state index in [-0.39, 0.29) is 5.91 Å². The van der Waals surface area contributed by atoms with Crippen LogP contribution in [0.4, 0.5) is 17.3 Å². The number of aromatic nitrogens is 1. The van der Waals surface area contributed by atoms with Crippen LogP contribution >= 0.6 is 0 Å². The third-order valence-corrected chi connectivity index (χ3v) is 3.60. The van der Waals surface area contributed by atoms with E-state index in [2.05, 4.69) is 20.9 Å². The van der Waals surface area contributed by atoms with Gasteiger partial charge in [-0.15, -0.1) is 0 Å². The molecule has 6 N–H and O–H groups in total. The first-order valence-corrected chi connectivity index (χ1v) is 7.42. The van der Waals surface area contributed by atoms with Crippen LogP contribution in [0.3, 0.4) is 0 Å². The highest BCUT2D eigenvalue weighted by Crippen LogP contribution is 2.26. The zero-order chi connectivity index (χ0) is 16.8. The van der Waals surface area contributed by atoms with Gasteiger partial charge in [0.25, 0.3) is 0 Å². The Morgan fingerprint density at radius 1 is 1.52 bits per heavy atom. The summed E-state index contributed by atoms with van der Waals surface area (Å²) < 4.78 is 0. The van der Waals surface area contributed by atoms with Gasteiger partial charge in [-0.2, -0.15) is 0 Å². The van der Waals surface area contributed by atoms with E-state index in [1.165, 1.54) is 6.92 Å². The van der Waals surface area contributed by atoms with Crippen molar-refractivity contribution in [3.63, 3.8) is 0 Å². The van der Waals surface area contributed by atoms with Crippen LogP contribution in [0.25, 0.3) is 0 Å². The summed E-state index contributed by atoms with van der Waals surface area (Å²) in [5.41, 5.74) is 6.38. The lowest BCUT2D eigenvalue weighted by atomic mass is 10.3. The predicted octanol–water partition coefficient (Wildman–Crippen LogP) is -1.15. The van der Waals surface area contributed by atoms with Crippen LogP contribution < -0.4 is 26.6 Å². The van der Waals surface area contributed by atoms with Crippen LogP contribution in [0, 0.1) is 0 Å². The number of nitrogen functional groups attached to an aromatic ring is 1. The molecule has 2 amide bonds. The number of hydrogen-bond acceptors (Lipinski definition) is 7. The van der Waals surface area contributed by atoms with Gasteiger partial charge in [0.05, 0.1) is 11.8 Å². The Kier molecular flexibility index (Phi) is 5.58. The maximum absolute atomic E-state index is 10.8. The summed E-state index contributed by atoms with van der Waals surface area (Å²) >= 11 is 0. The van der Waals surface area contributed by atoms with E-state index in [4.69, 9.17) is 5.73 Å². The summed E-state index contributed by atoms with van der Waals surface area (Å²) in [6.07, 6.45) is -0.0366. The van der Waals surface area contributed by atoms with E-state index < -0.39 is 12.3 Å². The molecule has 1 aliphatic rings. The Morgan fingerprint density at radius 3 is 3.00 bits per heavy atom. The number of rotatable bonds is 7. The maximum atomic E-state index is 10.8. The highest BCUT2D eigenvalue weighted by molar-refractivity contribution is 5.72. The van der Waals surface area contributed by atoms with Crippen LogP contribution in [0.1, 0.15) is 13.3 Å². The lowest BCUT2D eigenvalue weighted by Gasteiger charge is -2.27. The van der Waals surface area contributed by atoms with E-state index in [0.717, 1.165) is 0 Å². The number of aliphatic hydroxyl groups excluding tert-OH is 1. The fourth-order valence-corrected chi connectivity index (χ4v) is 2.48. The SMILES string of the molecule is CC(=O)NCCNc1nc(N2CCC(O)C2NC=O)ccc1N. The molecular weight excluding hydrogens is 300 g/mol. The van der Waals surface area contributed by atoms with Crippen LogP contribution in [0.2, 0.25) is 0 Å². The number of hydrogen-bond donors (Lipinski definition) is 5. The van der Waals surface area contributed by atoms with Gasteiger partial charge in [0, 0.05) is 26.6 Å². The fraction of sp³-hybridized carbons (Fsp3) is 0.500. The molecule has 0 aliphatic carbocycles. The molecule has 0 bridgehead atoms. The van der Waals surface area contributed by atoms with Crippen molar-refractivity contribution in [2.24, 2.45) is 0 Å². The van der Waals surface area contributed by atoms with Gasteiger partial charge in [0.1, 0.15) is 12.0 Å². The van der Waals surface area contributed by atoms with Crippen molar-refractivity contribution in [3.05, 3.63) is 12.1 Å². The van der Waals surface area contributed by atoms with Gasteiger partial charge in [0.15, 0.2) is 5.82 Å².